The molecule has 1 rings (SSSR count). The molecule has 0 aromatic heterocycles. The topological polar surface area (TPSA) is 21.3 Å². The highest BCUT2D eigenvalue weighted by Crippen LogP contribution is 2.22. The number of alkyl halides is 2. The molecule has 0 aliphatic heterocycles. The van der Waals surface area contributed by atoms with E-state index >= 15 is 0 Å². The third-order valence-corrected chi connectivity index (χ3v) is 3.05. The first-order chi connectivity index (χ1) is 9.04. The van der Waals surface area contributed by atoms with E-state index in [2.05, 4.69) is 37.4 Å². The van der Waals surface area contributed by atoms with E-state index < -0.39 is 13.0 Å². The van der Waals surface area contributed by atoms with E-state index in [1.807, 2.05) is 6.92 Å². The Balaban J connectivity index is 2.60. The molecule has 0 heterocycles. The Bertz CT molecular complexity index is 382. The molecule has 0 aliphatic rings. The Labute approximate surface area is 114 Å². The van der Waals surface area contributed by atoms with Gasteiger partial charge in [0.25, 0.3) is 6.43 Å². The van der Waals surface area contributed by atoms with Crippen molar-refractivity contribution < 1.29 is 13.5 Å². The van der Waals surface area contributed by atoms with Gasteiger partial charge in [-0.2, -0.15) is 0 Å². The molecule has 0 spiro atoms. The molecule has 0 bridgehead atoms. The van der Waals surface area contributed by atoms with Crippen LogP contribution in [-0.2, 0) is 4.74 Å². The molecule has 1 aromatic rings. The van der Waals surface area contributed by atoms with E-state index in [1.54, 1.807) is 0 Å². The van der Waals surface area contributed by atoms with Gasteiger partial charge in [-0.05, 0) is 37.9 Å². The van der Waals surface area contributed by atoms with Crippen molar-refractivity contribution in [1.29, 1.82) is 0 Å². The Kier molecular flexibility index (Phi) is 6.95. The predicted molar refractivity (Wildman–Crippen MR) is 73.8 cm³/mol. The maximum absolute atomic E-state index is 12.0. The van der Waals surface area contributed by atoms with Crippen LogP contribution in [0.5, 0.6) is 0 Å². The van der Waals surface area contributed by atoms with Crippen LogP contribution >= 0.6 is 0 Å². The van der Waals surface area contributed by atoms with Gasteiger partial charge in [0.1, 0.15) is 6.61 Å². The minimum Gasteiger partial charge on any atom is -0.375 e. The number of benzene rings is 1. The van der Waals surface area contributed by atoms with Crippen molar-refractivity contribution in [3.63, 3.8) is 0 Å². The number of ether oxygens (including phenoxy) is 1. The molecule has 2 nitrogen and oxygen atoms in total. The molecule has 0 radical (unpaired) electrons. The monoisotopic (exact) mass is 271 g/mol. The Morgan fingerprint density at radius 3 is 2.58 bits per heavy atom. The van der Waals surface area contributed by atoms with Crippen molar-refractivity contribution in [3.05, 3.63) is 34.9 Å². The zero-order chi connectivity index (χ0) is 14.3. The van der Waals surface area contributed by atoms with Gasteiger partial charge < -0.3 is 10.1 Å². The van der Waals surface area contributed by atoms with E-state index in [4.69, 9.17) is 4.74 Å². The molecule has 19 heavy (non-hydrogen) atoms. The summed E-state index contributed by atoms with van der Waals surface area (Å²) in [6.07, 6.45) is -1.69. The Morgan fingerprint density at radius 1 is 1.26 bits per heavy atom. The number of halogens is 2. The first kappa shape index (κ1) is 16.1. The van der Waals surface area contributed by atoms with Crippen LogP contribution in [-0.4, -0.2) is 26.2 Å². The summed E-state index contributed by atoms with van der Waals surface area (Å²) in [7, 11) is 0. The Hall–Kier alpha value is -1.00. The number of hydrogen-bond donors (Lipinski definition) is 1. The van der Waals surface area contributed by atoms with Crippen LogP contribution in [0.25, 0.3) is 0 Å². The second-order valence-electron chi connectivity index (χ2n) is 4.72. The molecule has 0 saturated heterocycles. The molecule has 0 aliphatic carbocycles. The van der Waals surface area contributed by atoms with E-state index in [0.29, 0.717) is 13.0 Å². The molecule has 0 saturated carbocycles. The van der Waals surface area contributed by atoms with Crippen LogP contribution in [0.4, 0.5) is 8.78 Å². The highest BCUT2D eigenvalue weighted by molar-refractivity contribution is 5.32. The maximum atomic E-state index is 12.0. The molecule has 1 aromatic carbocycles. The van der Waals surface area contributed by atoms with Crippen molar-refractivity contribution in [3.8, 4) is 0 Å². The van der Waals surface area contributed by atoms with E-state index in [9.17, 15) is 8.78 Å². The molecular weight excluding hydrogens is 248 g/mol. The third-order valence-electron chi connectivity index (χ3n) is 3.05. The SMILES string of the molecule is CCNC(CCOCC(F)F)c1ccc(C)cc1C. The summed E-state index contributed by atoms with van der Waals surface area (Å²) in [5.41, 5.74) is 3.67. The maximum Gasteiger partial charge on any atom is 0.261 e. The molecule has 1 atom stereocenters. The number of hydrogen-bond acceptors (Lipinski definition) is 2. The second-order valence-corrected chi connectivity index (χ2v) is 4.72. The highest BCUT2D eigenvalue weighted by Gasteiger charge is 2.13. The lowest BCUT2D eigenvalue weighted by atomic mass is 9.97. The summed E-state index contributed by atoms with van der Waals surface area (Å²) in [5.74, 6) is 0. The summed E-state index contributed by atoms with van der Waals surface area (Å²) < 4.78 is 29.0. The number of nitrogens with one attached hydrogen (secondary N) is 1. The van der Waals surface area contributed by atoms with Crippen molar-refractivity contribution in [2.45, 2.75) is 39.7 Å². The lowest BCUT2D eigenvalue weighted by Crippen LogP contribution is -2.23. The quantitative estimate of drug-likeness (QED) is 0.729. The van der Waals surface area contributed by atoms with Gasteiger partial charge in [0.2, 0.25) is 0 Å². The Morgan fingerprint density at radius 2 is 2.00 bits per heavy atom. The van der Waals surface area contributed by atoms with Gasteiger partial charge in [0, 0.05) is 12.6 Å². The third kappa shape index (κ3) is 5.66. The zero-order valence-electron chi connectivity index (χ0n) is 11.9. The largest absolute Gasteiger partial charge is 0.375 e. The fraction of sp³-hybridized carbons (Fsp3) is 0.600. The smallest absolute Gasteiger partial charge is 0.261 e. The van der Waals surface area contributed by atoms with Crippen molar-refractivity contribution in [1.82, 2.24) is 5.32 Å². The normalized spacial score (nSPS) is 12.9. The van der Waals surface area contributed by atoms with Crippen molar-refractivity contribution >= 4 is 0 Å². The molecule has 0 fully saturated rings. The van der Waals surface area contributed by atoms with E-state index in [0.717, 1.165) is 6.54 Å². The summed E-state index contributed by atoms with van der Waals surface area (Å²) in [5, 5.41) is 3.38. The van der Waals surface area contributed by atoms with Crippen LogP contribution in [0.1, 0.15) is 36.1 Å². The van der Waals surface area contributed by atoms with E-state index in [1.165, 1.54) is 16.7 Å². The van der Waals surface area contributed by atoms with Crippen molar-refractivity contribution in [2.75, 3.05) is 19.8 Å². The molecular formula is C15H23F2NO. The van der Waals surface area contributed by atoms with Gasteiger partial charge in [-0.3, -0.25) is 0 Å². The van der Waals surface area contributed by atoms with Gasteiger partial charge >= 0.3 is 0 Å². The van der Waals surface area contributed by atoms with Crippen molar-refractivity contribution in [2.24, 2.45) is 0 Å². The highest BCUT2D eigenvalue weighted by atomic mass is 19.3. The van der Waals surface area contributed by atoms with Crippen LogP contribution in [0.3, 0.4) is 0 Å². The van der Waals surface area contributed by atoms with E-state index in [-0.39, 0.29) is 6.04 Å². The number of aryl methyl sites for hydroxylation is 2. The van der Waals surface area contributed by atoms with Crippen LogP contribution in [0.2, 0.25) is 0 Å². The van der Waals surface area contributed by atoms with Gasteiger partial charge in [0.05, 0.1) is 0 Å². The first-order valence-electron chi connectivity index (χ1n) is 6.71. The lowest BCUT2D eigenvalue weighted by Gasteiger charge is -2.20. The van der Waals surface area contributed by atoms with Crippen LogP contribution in [0.15, 0.2) is 18.2 Å². The van der Waals surface area contributed by atoms with Gasteiger partial charge in [-0.1, -0.05) is 30.7 Å². The summed E-state index contributed by atoms with van der Waals surface area (Å²) >= 11 is 0. The van der Waals surface area contributed by atoms with Gasteiger partial charge in [0.15, 0.2) is 0 Å². The minimum atomic E-state index is -2.39. The predicted octanol–water partition coefficient (Wildman–Crippen LogP) is 3.63. The summed E-state index contributed by atoms with van der Waals surface area (Å²) in [6, 6.07) is 6.47. The summed E-state index contributed by atoms with van der Waals surface area (Å²) in [6.45, 7) is 6.88. The lowest BCUT2D eigenvalue weighted by molar-refractivity contribution is 0.0144. The average Bonchev–Trinajstić information content (AvgIpc) is 2.33. The average molecular weight is 271 g/mol. The van der Waals surface area contributed by atoms with Crippen LogP contribution < -0.4 is 5.32 Å². The molecule has 1 N–H and O–H groups in total. The fourth-order valence-electron chi connectivity index (χ4n) is 2.20. The molecule has 108 valence electrons. The number of rotatable bonds is 8. The first-order valence-corrected chi connectivity index (χ1v) is 6.71. The zero-order valence-corrected chi connectivity index (χ0v) is 11.9. The van der Waals surface area contributed by atoms with Gasteiger partial charge in [-0.15, -0.1) is 0 Å². The minimum absolute atomic E-state index is 0.156. The second kappa shape index (κ2) is 8.23. The molecule has 0 amide bonds. The standard InChI is InChI=1S/C15H23F2NO/c1-4-18-14(7-8-19-10-15(16)17)13-6-5-11(2)9-12(13)3/h5-6,9,14-15,18H,4,7-8,10H2,1-3H3. The summed E-state index contributed by atoms with van der Waals surface area (Å²) in [4.78, 5) is 0. The van der Waals surface area contributed by atoms with Gasteiger partial charge in [-0.25, -0.2) is 8.78 Å². The fourth-order valence-corrected chi connectivity index (χ4v) is 2.20. The molecule has 4 heteroatoms. The van der Waals surface area contributed by atoms with Crippen LogP contribution in [0, 0.1) is 13.8 Å². The molecule has 1 unspecified atom stereocenters.